The van der Waals surface area contributed by atoms with Crippen molar-refractivity contribution in [1.82, 2.24) is 19.7 Å². The fourth-order valence-electron chi connectivity index (χ4n) is 2.89. The molecule has 122 valence electrons. The molecule has 1 aliphatic heterocycles. The molecule has 7 heteroatoms. The molecule has 7 nitrogen and oxygen atoms in total. The molecule has 0 spiro atoms. The van der Waals surface area contributed by atoms with Gasteiger partial charge in [-0.25, -0.2) is 0 Å². The molecule has 0 atom stereocenters. The normalized spacial score (nSPS) is 14.5. The second kappa shape index (κ2) is 5.93. The first-order valence-corrected chi connectivity index (χ1v) is 7.71. The topological polar surface area (TPSA) is 84.4 Å². The van der Waals surface area contributed by atoms with E-state index in [9.17, 15) is 9.90 Å². The highest BCUT2D eigenvalue weighted by Gasteiger charge is 2.22. The molecular weight excluding hydrogens is 308 g/mol. The second-order valence-electron chi connectivity index (χ2n) is 5.76. The van der Waals surface area contributed by atoms with Crippen molar-refractivity contribution in [3.63, 3.8) is 0 Å². The van der Waals surface area contributed by atoms with Gasteiger partial charge < -0.3 is 14.1 Å². The molecule has 1 aromatic carbocycles. The van der Waals surface area contributed by atoms with Crippen LogP contribution in [-0.2, 0) is 19.6 Å². The van der Waals surface area contributed by atoms with Crippen molar-refractivity contribution in [2.75, 3.05) is 6.54 Å². The number of nitrogens with zero attached hydrogens (tertiary/aromatic N) is 4. The number of hydrogen-bond donors (Lipinski definition) is 1. The Morgan fingerprint density at radius 2 is 2.00 bits per heavy atom. The predicted octanol–water partition coefficient (Wildman–Crippen LogP) is 1.62. The van der Waals surface area contributed by atoms with Crippen LogP contribution < -0.4 is 5.43 Å². The highest BCUT2D eigenvalue weighted by atomic mass is 16.4. The van der Waals surface area contributed by atoms with Crippen molar-refractivity contribution in [2.45, 2.75) is 19.6 Å². The lowest BCUT2D eigenvalue weighted by Gasteiger charge is -2.27. The van der Waals surface area contributed by atoms with E-state index in [0.29, 0.717) is 18.8 Å². The number of rotatable bonds is 3. The van der Waals surface area contributed by atoms with Crippen LogP contribution in [0.15, 0.2) is 51.9 Å². The highest BCUT2D eigenvalue weighted by molar-refractivity contribution is 5.55. The largest absolute Gasteiger partial charge is 0.502 e. The summed E-state index contributed by atoms with van der Waals surface area (Å²) in [4.78, 5) is 13.6. The molecule has 3 heterocycles. The first-order valence-electron chi connectivity index (χ1n) is 7.71. The number of aromatic hydroxyl groups is 1. The van der Waals surface area contributed by atoms with Gasteiger partial charge in [0.25, 0.3) is 0 Å². The summed E-state index contributed by atoms with van der Waals surface area (Å²) in [5, 5.41) is 17.9. The molecule has 3 aromatic rings. The molecule has 0 saturated heterocycles. The van der Waals surface area contributed by atoms with E-state index >= 15 is 0 Å². The van der Waals surface area contributed by atoms with E-state index in [4.69, 9.17) is 4.42 Å². The Morgan fingerprint density at radius 3 is 2.79 bits per heavy atom. The Kier molecular flexibility index (Phi) is 3.62. The molecule has 0 bridgehead atoms. The van der Waals surface area contributed by atoms with Crippen molar-refractivity contribution in [3.05, 3.63) is 64.5 Å². The summed E-state index contributed by atoms with van der Waals surface area (Å²) in [6.45, 7) is 2.69. The third-order valence-corrected chi connectivity index (χ3v) is 4.11. The lowest BCUT2D eigenvalue weighted by molar-refractivity contribution is 0.192. The molecular formula is C17H16N4O3. The van der Waals surface area contributed by atoms with Crippen molar-refractivity contribution >= 4 is 0 Å². The van der Waals surface area contributed by atoms with Gasteiger partial charge in [-0.05, 0) is 0 Å². The number of aromatic nitrogens is 3. The fraction of sp³-hybridized carbons (Fsp3) is 0.235. The van der Waals surface area contributed by atoms with Crippen molar-refractivity contribution < 1.29 is 9.52 Å². The van der Waals surface area contributed by atoms with Gasteiger partial charge in [-0.3, -0.25) is 9.69 Å². The summed E-state index contributed by atoms with van der Waals surface area (Å²) in [6, 6.07) is 11.3. The minimum absolute atomic E-state index is 0.371. The predicted molar refractivity (Wildman–Crippen MR) is 86.2 cm³/mol. The van der Waals surface area contributed by atoms with Gasteiger partial charge in [0.1, 0.15) is 17.8 Å². The van der Waals surface area contributed by atoms with Gasteiger partial charge in [0.05, 0.1) is 13.1 Å². The van der Waals surface area contributed by atoms with Crippen LogP contribution in [0.5, 0.6) is 5.75 Å². The van der Waals surface area contributed by atoms with Crippen molar-refractivity contribution in [1.29, 1.82) is 0 Å². The smallest absolute Gasteiger partial charge is 0.226 e. The van der Waals surface area contributed by atoms with E-state index in [1.807, 2.05) is 30.3 Å². The van der Waals surface area contributed by atoms with Gasteiger partial charge >= 0.3 is 0 Å². The van der Waals surface area contributed by atoms with Crippen LogP contribution >= 0.6 is 0 Å². The minimum atomic E-state index is -0.428. The van der Waals surface area contributed by atoms with Crippen molar-refractivity contribution in [3.8, 4) is 17.1 Å². The summed E-state index contributed by atoms with van der Waals surface area (Å²) in [7, 11) is 0. The van der Waals surface area contributed by atoms with Gasteiger partial charge in [0.2, 0.25) is 5.43 Å². The zero-order valence-corrected chi connectivity index (χ0v) is 12.9. The zero-order chi connectivity index (χ0) is 16.5. The Balaban J connectivity index is 1.53. The van der Waals surface area contributed by atoms with Gasteiger partial charge in [-0.2, -0.15) is 0 Å². The highest BCUT2D eigenvalue weighted by Crippen LogP contribution is 2.22. The van der Waals surface area contributed by atoms with E-state index in [2.05, 4.69) is 19.7 Å². The van der Waals surface area contributed by atoms with E-state index in [-0.39, 0.29) is 5.75 Å². The average Bonchev–Trinajstić information content (AvgIpc) is 3.02. The molecule has 1 aliphatic rings. The Labute approximate surface area is 137 Å². The van der Waals surface area contributed by atoms with Gasteiger partial charge in [-0.15, -0.1) is 10.2 Å². The Hall–Kier alpha value is -2.93. The van der Waals surface area contributed by atoms with Gasteiger partial charge in [-0.1, -0.05) is 30.3 Å². The van der Waals surface area contributed by atoms with Crippen LogP contribution in [0, 0.1) is 0 Å². The van der Waals surface area contributed by atoms with Crippen LogP contribution in [-0.4, -0.2) is 31.3 Å². The quantitative estimate of drug-likeness (QED) is 0.788. The summed E-state index contributed by atoms with van der Waals surface area (Å²) < 4.78 is 7.39. The third-order valence-electron chi connectivity index (χ3n) is 4.11. The first kappa shape index (κ1) is 14.6. The third kappa shape index (κ3) is 2.69. The minimum Gasteiger partial charge on any atom is -0.502 e. The monoisotopic (exact) mass is 324 g/mol. The summed E-state index contributed by atoms with van der Waals surface area (Å²) >= 11 is 0. The Bertz CT molecular complexity index is 917. The average molecular weight is 324 g/mol. The van der Waals surface area contributed by atoms with Crippen LogP contribution in [0.3, 0.4) is 0 Å². The van der Waals surface area contributed by atoms with E-state index in [1.54, 1.807) is 0 Å². The Morgan fingerprint density at radius 1 is 1.17 bits per heavy atom. The fourth-order valence-corrected chi connectivity index (χ4v) is 2.89. The zero-order valence-electron chi connectivity index (χ0n) is 12.9. The molecule has 0 amide bonds. The standard InChI is InChI=1S/C17H16N4O3/c22-14-8-13(24-11-15(14)23)9-20-6-7-21-16(10-20)18-19-17(21)12-4-2-1-3-5-12/h1-5,8,11,23H,6-7,9-10H2. The SMILES string of the molecule is O=c1cc(CN2CCn3c(nnc3-c3ccccc3)C2)occ1O. The molecule has 0 aliphatic carbocycles. The molecule has 1 N–H and O–H groups in total. The lowest BCUT2D eigenvalue weighted by Crippen LogP contribution is -2.33. The molecule has 0 unspecified atom stereocenters. The van der Waals surface area contributed by atoms with Crippen molar-refractivity contribution in [2.24, 2.45) is 0 Å². The van der Waals surface area contributed by atoms with E-state index in [1.165, 1.54) is 6.07 Å². The summed E-state index contributed by atoms with van der Waals surface area (Å²) in [6.07, 6.45) is 1.08. The molecule has 24 heavy (non-hydrogen) atoms. The summed E-state index contributed by atoms with van der Waals surface area (Å²) in [5.74, 6) is 1.92. The molecule has 0 saturated carbocycles. The van der Waals surface area contributed by atoms with Crippen LogP contribution in [0.1, 0.15) is 11.6 Å². The number of hydrogen-bond acceptors (Lipinski definition) is 6. The number of benzene rings is 1. The maximum absolute atomic E-state index is 11.5. The molecule has 4 rings (SSSR count). The number of fused-ring (bicyclic) bond motifs is 1. The summed E-state index contributed by atoms with van der Waals surface area (Å²) in [5.41, 5.74) is 0.622. The van der Waals surface area contributed by atoms with Gasteiger partial charge in [0.15, 0.2) is 11.6 Å². The molecule has 0 fully saturated rings. The van der Waals surface area contributed by atoms with Gasteiger partial charge in [0, 0.05) is 24.7 Å². The lowest BCUT2D eigenvalue weighted by atomic mass is 10.2. The maximum atomic E-state index is 11.5. The van der Waals surface area contributed by atoms with Crippen LogP contribution in [0.25, 0.3) is 11.4 Å². The van der Waals surface area contributed by atoms with Crippen LogP contribution in [0.4, 0.5) is 0 Å². The van der Waals surface area contributed by atoms with E-state index in [0.717, 1.165) is 36.6 Å². The molecule has 0 radical (unpaired) electrons. The molecule has 2 aromatic heterocycles. The van der Waals surface area contributed by atoms with E-state index < -0.39 is 5.43 Å². The second-order valence-corrected chi connectivity index (χ2v) is 5.76. The first-order chi connectivity index (χ1) is 11.7. The maximum Gasteiger partial charge on any atom is 0.226 e. The van der Waals surface area contributed by atoms with Crippen LogP contribution in [0.2, 0.25) is 0 Å².